The third kappa shape index (κ3) is 5.09. The maximum Gasteiger partial charge on any atom is 0.321 e. The Morgan fingerprint density at radius 3 is 2.40 bits per heavy atom. The third-order valence-electron chi connectivity index (χ3n) is 4.49. The molecule has 1 aromatic rings. The zero-order chi connectivity index (χ0) is 18.4. The van der Waals surface area contributed by atoms with Crippen molar-refractivity contribution in [1.29, 1.82) is 0 Å². The van der Waals surface area contributed by atoms with E-state index in [-0.39, 0.29) is 18.0 Å². The van der Waals surface area contributed by atoms with E-state index in [4.69, 9.17) is 4.74 Å². The number of nitrogens with zero attached hydrogens (tertiary/aromatic N) is 1. The number of carbonyl (C=O) groups is 2. The fraction of sp³-hybridized carbons (Fsp3) is 0.556. The van der Waals surface area contributed by atoms with Crippen LogP contribution >= 0.6 is 0 Å². The van der Waals surface area contributed by atoms with Gasteiger partial charge in [-0.1, -0.05) is 12.1 Å². The molecular formula is C18H29N4O3+. The van der Waals surface area contributed by atoms with Crippen molar-refractivity contribution in [3.63, 3.8) is 0 Å². The molecule has 0 radical (unpaired) electrons. The first-order valence-electron chi connectivity index (χ1n) is 8.76. The molecule has 0 aromatic heterocycles. The average molecular weight is 349 g/mol. The summed E-state index contributed by atoms with van der Waals surface area (Å²) < 4.78 is 5.43. The Hall–Kier alpha value is -2.28. The van der Waals surface area contributed by atoms with Crippen LogP contribution in [0.5, 0.6) is 5.75 Å². The lowest BCUT2D eigenvalue weighted by molar-refractivity contribution is -0.914. The van der Waals surface area contributed by atoms with E-state index in [1.54, 1.807) is 7.11 Å². The molecule has 1 aliphatic heterocycles. The number of anilines is 1. The van der Waals surface area contributed by atoms with Crippen molar-refractivity contribution >= 4 is 17.6 Å². The summed E-state index contributed by atoms with van der Waals surface area (Å²) in [7, 11) is 1.68. The zero-order valence-corrected chi connectivity index (χ0v) is 15.5. The summed E-state index contributed by atoms with van der Waals surface area (Å²) in [6.45, 7) is 8.92. The fourth-order valence-corrected chi connectivity index (χ4v) is 3.06. The number of ether oxygens (including phenoxy) is 1. The molecule has 25 heavy (non-hydrogen) atoms. The summed E-state index contributed by atoms with van der Waals surface area (Å²) in [5, 5.41) is 5.10. The Kier molecular flexibility index (Phi) is 6.64. The molecule has 3 N–H and O–H groups in total. The van der Waals surface area contributed by atoms with Crippen molar-refractivity contribution in [2.24, 2.45) is 0 Å². The lowest BCUT2D eigenvalue weighted by Gasteiger charge is -2.36. The normalized spacial score (nSPS) is 16.4. The summed E-state index contributed by atoms with van der Waals surface area (Å²) in [5.41, 5.74) is 1.08. The fourth-order valence-electron chi connectivity index (χ4n) is 3.06. The summed E-state index contributed by atoms with van der Waals surface area (Å²) in [6.07, 6.45) is 0. The molecular weight excluding hydrogens is 320 g/mol. The lowest BCUT2D eigenvalue weighted by atomic mass is 10.2. The van der Waals surface area contributed by atoms with Gasteiger partial charge in [-0.25, -0.2) is 4.79 Å². The monoisotopic (exact) mass is 349 g/mol. The molecule has 0 unspecified atom stereocenters. The molecule has 3 amide bonds. The van der Waals surface area contributed by atoms with Crippen LogP contribution in [-0.2, 0) is 4.79 Å². The lowest BCUT2D eigenvalue weighted by Crippen LogP contribution is -3.19. The quantitative estimate of drug-likeness (QED) is 0.701. The number of urea groups is 1. The number of methoxy groups -OCH3 is 1. The first-order valence-corrected chi connectivity index (χ1v) is 8.76. The van der Waals surface area contributed by atoms with Gasteiger partial charge >= 0.3 is 6.03 Å². The van der Waals surface area contributed by atoms with Crippen molar-refractivity contribution < 1.29 is 19.2 Å². The highest BCUT2D eigenvalue weighted by Crippen LogP contribution is 2.27. The Labute approximate surface area is 149 Å². The second kappa shape index (κ2) is 8.71. The molecule has 0 aliphatic carbocycles. The first kappa shape index (κ1) is 19.1. The van der Waals surface area contributed by atoms with Crippen molar-refractivity contribution in [3.8, 4) is 5.75 Å². The van der Waals surface area contributed by atoms with Crippen LogP contribution in [0.1, 0.15) is 20.8 Å². The van der Waals surface area contributed by atoms with Gasteiger partial charge in [0.1, 0.15) is 5.75 Å². The van der Waals surface area contributed by atoms with Crippen molar-refractivity contribution in [3.05, 3.63) is 24.3 Å². The van der Waals surface area contributed by atoms with Crippen LogP contribution in [0.4, 0.5) is 10.5 Å². The van der Waals surface area contributed by atoms with E-state index in [0.29, 0.717) is 0 Å². The molecule has 1 atom stereocenters. The molecule has 1 aliphatic rings. The molecule has 138 valence electrons. The van der Waals surface area contributed by atoms with Gasteiger partial charge in [0.25, 0.3) is 5.91 Å². The number of imide groups is 1. The van der Waals surface area contributed by atoms with E-state index in [1.165, 1.54) is 4.90 Å². The van der Waals surface area contributed by atoms with E-state index in [0.717, 1.165) is 37.6 Å². The number of hydrogen-bond donors (Lipinski definition) is 3. The predicted octanol–water partition coefficient (Wildman–Crippen LogP) is 0.0228. The van der Waals surface area contributed by atoms with Crippen molar-refractivity contribution in [1.82, 2.24) is 10.6 Å². The number of carbonyl (C=O) groups excluding carboxylic acids is 2. The molecule has 2 rings (SSSR count). The highest BCUT2D eigenvalue weighted by Gasteiger charge is 2.30. The minimum absolute atomic E-state index is 0.000138. The predicted molar refractivity (Wildman–Crippen MR) is 97.2 cm³/mol. The Bertz CT molecular complexity index is 598. The Morgan fingerprint density at radius 2 is 1.80 bits per heavy atom. The molecule has 1 aromatic carbocycles. The number of para-hydroxylation sites is 2. The smallest absolute Gasteiger partial charge is 0.321 e. The highest BCUT2D eigenvalue weighted by molar-refractivity contribution is 5.96. The molecule has 1 heterocycles. The average Bonchev–Trinajstić information content (AvgIpc) is 2.60. The van der Waals surface area contributed by atoms with E-state index in [2.05, 4.69) is 21.6 Å². The van der Waals surface area contributed by atoms with Gasteiger partial charge in [-0.3, -0.25) is 10.1 Å². The second-order valence-electron chi connectivity index (χ2n) is 6.66. The number of quaternary nitrogens is 1. The summed E-state index contributed by atoms with van der Waals surface area (Å²) in [5.74, 6) is 0.626. The molecule has 7 heteroatoms. The van der Waals surface area contributed by atoms with Crippen LogP contribution in [0.25, 0.3) is 0 Å². The summed E-state index contributed by atoms with van der Waals surface area (Å²) in [4.78, 5) is 27.4. The van der Waals surface area contributed by atoms with E-state index >= 15 is 0 Å². The molecule has 0 bridgehead atoms. The van der Waals surface area contributed by atoms with E-state index in [1.807, 2.05) is 39.0 Å². The van der Waals surface area contributed by atoms with Crippen LogP contribution in [0.2, 0.25) is 0 Å². The van der Waals surface area contributed by atoms with Gasteiger partial charge in [0.15, 0.2) is 6.04 Å². The van der Waals surface area contributed by atoms with Crippen molar-refractivity contribution in [2.75, 3.05) is 38.2 Å². The van der Waals surface area contributed by atoms with Crippen molar-refractivity contribution in [2.45, 2.75) is 32.9 Å². The molecule has 0 spiro atoms. The van der Waals surface area contributed by atoms with Crippen LogP contribution in [-0.4, -0.2) is 57.3 Å². The Balaban J connectivity index is 1.88. The number of benzene rings is 1. The molecule has 0 saturated carbocycles. The van der Waals surface area contributed by atoms with Crippen LogP contribution in [0, 0.1) is 0 Å². The van der Waals surface area contributed by atoms with Gasteiger partial charge in [0.2, 0.25) is 0 Å². The first-order chi connectivity index (χ1) is 11.9. The SMILES string of the molecule is COc1ccccc1N1CC[NH+]([C@H](C)C(=O)NC(=O)NC(C)C)CC1. The topological polar surface area (TPSA) is 75.1 Å². The maximum atomic E-state index is 12.3. The summed E-state index contributed by atoms with van der Waals surface area (Å²) >= 11 is 0. The van der Waals surface area contributed by atoms with Gasteiger partial charge in [0, 0.05) is 6.04 Å². The van der Waals surface area contributed by atoms with Gasteiger partial charge in [-0.05, 0) is 32.9 Å². The largest absolute Gasteiger partial charge is 0.495 e. The van der Waals surface area contributed by atoms with Crippen LogP contribution in [0.15, 0.2) is 24.3 Å². The van der Waals surface area contributed by atoms with Gasteiger partial charge < -0.3 is 19.9 Å². The number of nitrogens with one attached hydrogen (secondary N) is 3. The number of amides is 3. The number of hydrogen-bond acceptors (Lipinski definition) is 4. The number of rotatable bonds is 5. The van der Waals surface area contributed by atoms with Gasteiger partial charge in [-0.2, -0.15) is 0 Å². The molecule has 7 nitrogen and oxygen atoms in total. The van der Waals surface area contributed by atoms with Gasteiger partial charge in [0.05, 0.1) is 39.0 Å². The Morgan fingerprint density at radius 1 is 1.16 bits per heavy atom. The zero-order valence-electron chi connectivity index (χ0n) is 15.5. The van der Waals surface area contributed by atoms with Crippen LogP contribution in [0.3, 0.4) is 0 Å². The highest BCUT2D eigenvalue weighted by atomic mass is 16.5. The minimum atomic E-state index is -0.432. The number of piperazine rings is 1. The molecule has 1 saturated heterocycles. The summed E-state index contributed by atoms with van der Waals surface area (Å²) in [6, 6.07) is 7.27. The standard InChI is InChI=1S/C18H28N4O3/c1-13(2)19-18(24)20-17(23)14(3)21-9-11-22(12-10-21)15-7-5-6-8-16(15)25-4/h5-8,13-14H,9-12H2,1-4H3,(H2,19,20,23,24)/p+1/t14-/m1/s1. The minimum Gasteiger partial charge on any atom is -0.495 e. The maximum absolute atomic E-state index is 12.3. The molecule has 1 fully saturated rings. The third-order valence-corrected chi connectivity index (χ3v) is 4.49. The van der Waals surface area contributed by atoms with E-state index in [9.17, 15) is 9.59 Å². The van der Waals surface area contributed by atoms with E-state index < -0.39 is 6.03 Å². The van der Waals surface area contributed by atoms with Gasteiger partial charge in [-0.15, -0.1) is 0 Å². The van der Waals surface area contributed by atoms with Crippen LogP contribution < -0.4 is 25.2 Å². The second-order valence-corrected chi connectivity index (χ2v) is 6.66.